The summed E-state index contributed by atoms with van der Waals surface area (Å²) in [5.74, 6) is -1.30. The Morgan fingerprint density at radius 3 is 2.81 bits per heavy atom. The van der Waals surface area contributed by atoms with Crippen molar-refractivity contribution in [3.05, 3.63) is 46.4 Å². The predicted octanol–water partition coefficient (Wildman–Crippen LogP) is 3.38. The lowest BCUT2D eigenvalue weighted by Gasteiger charge is -2.05. The molecule has 0 bridgehead atoms. The molecule has 16 heavy (non-hydrogen) atoms. The third-order valence-electron chi connectivity index (χ3n) is 1.90. The zero-order valence-corrected chi connectivity index (χ0v) is 8.83. The Hall–Kier alpha value is -1.88. The van der Waals surface area contributed by atoms with Gasteiger partial charge in [-0.15, -0.1) is 11.3 Å². The van der Waals surface area contributed by atoms with Crippen molar-refractivity contribution in [2.75, 3.05) is 0 Å². The van der Waals surface area contributed by atoms with Crippen LogP contribution < -0.4 is 4.74 Å². The van der Waals surface area contributed by atoms with Crippen LogP contribution in [-0.2, 0) is 0 Å². The maximum Gasteiger partial charge on any atom is 0.335 e. The lowest BCUT2D eigenvalue weighted by molar-refractivity contribution is 0.0696. The molecule has 0 spiro atoms. The van der Waals surface area contributed by atoms with Crippen molar-refractivity contribution in [2.24, 2.45) is 0 Å². The lowest BCUT2D eigenvalue weighted by atomic mass is 10.2. The highest BCUT2D eigenvalue weighted by molar-refractivity contribution is 7.08. The highest BCUT2D eigenvalue weighted by atomic mass is 32.1. The van der Waals surface area contributed by atoms with E-state index in [1.807, 2.05) is 0 Å². The van der Waals surface area contributed by atoms with Crippen LogP contribution in [0.25, 0.3) is 0 Å². The molecule has 1 aromatic carbocycles. The van der Waals surface area contributed by atoms with Gasteiger partial charge in [0.1, 0.15) is 5.75 Å². The van der Waals surface area contributed by atoms with Gasteiger partial charge in [-0.05, 0) is 29.6 Å². The SMILES string of the molecule is O=C(O)c1ccc(F)c(Oc2ccsc2)c1. The van der Waals surface area contributed by atoms with Crippen LogP contribution in [0.3, 0.4) is 0 Å². The molecular formula is C11H7FO3S. The van der Waals surface area contributed by atoms with E-state index < -0.39 is 11.8 Å². The maximum atomic E-state index is 13.3. The largest absolute Gasteiger partial charge is 0.478 e. The van der Waals surface area contributed by atoms with Crippen molar-refractivity contribution >= 4 is 17.3 Å². The van der Waals surface area contributed by atoms with Crippen LogP contribution in [-0.4, -0.2) is 11.1 Å². The summed E-state index contributed by atoms with van der Waals surface area (Å²) in [5, 5.41) is 12.2. The van der Waals surface area contributed by atoms with E-state index in [0.29, 0.717) is 5.75 Å². The summed E-state index contributed by atoms with van der Waals surface area (Å²) < 4.78 is 18.5. The Labute approximate surface area is 94.7 Å². The predicted molar refractivity (Wildman–Crippen MR) is 57.8 cm³/mol. The van der Waals surface area contributed by atoms with Crippen LogP contribution in [0.5, 0.6) is 11.5 Å². The number of hydrogen-bond acceptors (Lipinski definition) is 3. The molecule has 2 aromatic rings. The van der Waals surface area contributed by atoms with E-state index in [4.69, 9.17) is 9.84 Å². The van der Waals surface area contributed by atoms with Gasteiger partial charge in [0, 0.05) is 5.38 Å². The number of rotatable bonds is 3. The number of carboxylic acids is 1. The average molecular weight is 238 g/mol. The molecule has 0 atom stereocenters. The zero-order valence-electron chi connectivity index (χ0n) is 8.01. The molecule has 1 heterocycles. The maximum absolute atomic E-state index is 13.3. The first kappa shape index (κ1) is 10.6. The van der Waals surface area contributed by atoms with Crippen molar-refractivity contribution < 1.29 is 19.0 Å². The van der Waals surface area contributed by atoms with Crippen molar-refractivity contribution in [1.29, 1.82) is 0 Å². The van der Waals surface area contributed by atoms with Gasteiger partial charge in [-0.3, -0.25) is 0 Å². The molecule has 0 saturated carbocycles. The minimum absolute atomic E-state index is 0.00775. The molecule has 0 fully saturated rings. The minimum atomic E-state index is -1.12. The number of carboxylic acid groups (broad SMARTS) is 1. The normalized spacial score (nSPS) is 10.1. The second-order valence-corrected chi connectivity index (χ2v) is 3.79. The molecule has 0 unspecified atom stereocenters. The zero-order chi connectivity index (χ0) is 11.5. The Morgan fingerprint density at radius 1 is 1.38 bits per heavy atom. The quantitative estimate of drug-likeness (QED) is 0.891. The molecule has 0 amide bonds. The van der Waals surface area contributed by atoms with Gasteiger partial charge in [-0.2, -0.15) is 0 Å². The summed E-state index contributed by atoms with van der Waals surface area (Å²) in [5.41, 5.74) is -0.00775. The fraction of sp³-hybridized carbons (Fsp3) is 0. The molecule has 1 aromatic heterocycles. The van der Waals surface area contributed by atoms with Gasteiger partial charge in [0.15, 0.2) is 11.6 Å². The fourth-order valence-electron chi connectivity index (χ4n) is 1.15. The number of hydrogen-bond donors (Lipinski definition) is 1. The fourth-order valence-corrected chi connectivity index (χ4v) is 1.70. The highest BCUT2D eigenvalue weighted by Crippen LogP contribution is 2.27. The first-order valence-corrected chi connectivity index (χ1v) is 5.34. The Morgan fingerprint density at radius 2 is 2.19 bits per heavy atom. The minimum Gasteiger partial charge on any atom is -0.478 e. The number of thiophene rings is 1. The van der Waals surface area contributed by atoms with Gasteiger partial charge in [-0.25, -0.2) is 9.18 Å². The van der Waals surface area contributed by atoms with E-state index in [9.17, 15) is 9.18 Å². The average Bonchev–Trinajstić information content (AvgIpc) is 2.73. The summed E-state index contributed by atoms with van der Waals surface area (Å²) in [7, 11) is 0. The molecule has 2 rings (SSSR count). The standard InChI is InChI=1S/C11H7FO3S/c12-9-2-1-7(11(13)14)5-10(9)15-8-3-4-16-6-8/h1-6H,(H,13,14). The molecule has 3 nitrogen and oxygen atoms in total. The molecule has 0 aliphatic carbocycles. The van der Waals surface area contributed by atoms with Gasteiger partial charge in [0.05, 0.1) is 5.56 Å². The van der Waals surface area contributed by atoms with Gasteiger partial charge in [-0.1, -0.05) is 0 Å². The Kier molecular flexibility index (Phi) is 2.87. The lowest BCUT2D eigenvalue weighted by Crippen LogP contribution is -1.97. The van der Waals surface area contributed by atoms with Crippen LogP contribution in [0.2, 0.25) is 0 Å². The summed E-state index contributed by atoms with van der Waals surface area (Å²) in [6, 6.07) is 5.11. The molecule has 82 valence electrons. The van der Waals surface area contributed by atoms with Crippen LogP contribution in [0.4, 0.5) is 4.39 Å². The van der Waals surface area contributed by atoms with Gasteiger partial charge in [0.25, 0.3) is 0 Å². The van der Waals surface area contributed by atoms with Crippen LogP contribution in [0, 0.1) is 5.82 Å². The molecule has 0 aliphatic rings. The number of benzene rings is 1. The van der Waals surface area contributed by atoms with Gasteiger partial charge in [0.2, 0.25) is 0 Å². The first-order valence-electron chi connectivity index (χ1n) is 4.40. The van der Waals surface area contributed by atoms with Crippen molar-refractivity contribution in [2.45, 2.75) is 0 Å². The summed E-state index contributed by atoms with van der Waals surface area (Å²) in [6.07, 6.45) is 0. The molecular weight excluding hydrogens is 231 g/mol. The van der Waals surface area contributed by atoms with Crippen molar-refractivity contribution in [3.63, 3.8) is 0 Å². The topological polar surface area (TPSA) is 46.5 Å². The van der Waals surface area contributed by atoms with E-state index in [1.165, 1.54) is 17.4 Å². The Balaban J connectivity index is 2.32. The Bertz CT molecular complexity index is 508. The summed E-state index contributed by atoms with van der Waals surface area (Å²) in [6.45, 7) is 0. The van der Waals surface area contributed by atoms with Crippen LogP contribution >= 0.6 is 11.3 Å². The van der Waals surface area contributed by atoms with Crippen molar-refractivity contribution in [3.8, 4) is 11.5 Å². The van der Waals surface area contributed by atoms with E-state index in [-0.39, 0.29) is 11.3 Å². The monoisotopic (exact) mass is 238 g/mol. The number of carbonyl (C=O) groups is 1. The number of halogens is 1. The van der Waals surface area contributed by atoms with Crippen molar-refractivity contribution in [1.82, 2.24) is 0 Å². The smallest absolute Gasteiger partial charge is 0.335 e. The molecule has 1 N–H and O–H groups in total. The van der Waals surface area contributed by atoms with Gasteiger partial charge >= 0.3 is 5.97 Å². The first-order chi connectivity index (χ1) is 7.66. The third-order valence-corrected chi connectivity index (χ3v) is 2.56. The van der Waals surface area contributed by atoms with Crippen LogP contribution in [0.1, 0.15) is 10.4 Å². The highest BCUT2D eigenvalue weighted by Gasteiger charge is 2.10. The molecule has 0 aliphatic heterocycles. The van der Waals surface area contributed by atoms with Crippen LogP contribution in [0.15, 0.2) is 35.0 Å². The molecule has 5 heteroatoms. The number of ether oxygens (including phenoxy) is 1. The van der Waals surface area contributed by atoms with E-state index in [0.717, 1.165) is 12.1 Å². The second-order valence-electron chi connectivity index (χ2n) is 3.01. The molecule has 0 saturated heterocycles. The van der Waals surface area contributed by atoms with Gasteiger partial charge < -0.3 is 9.84 Å². The second kappa shape index (κ2) is 4.32. The summed E-state index contributed by atoms with van der Waals surface area (Å²) in [4.78, 5) is 10.7. The third kappa shape index (κ3) is 2.20. The van der Waals surface area contributed by atoms with E-state index in [2.05, 4.69) is 0 Å². The van der Waals surface area contributed by atoms with E-state index >= 15 is 0 Å². The molecule has 0 radical (unpaired) electrons. The number of aromatic carboxylic acids is 1. The van der Waals surface area contributed by atoms with E-state index in [1.54, 1.807) is 16.8 Å². The summed E-state index contributed by atoms with van der Waals surface area (Å²) >= 11 is 1.41.